The van der Waals surface area contributed by atoms with E-state index in [9.17, 15) is 9.90 Å². The Balaban J connectivity index is 1.89. The van der Waals surface area contributed by atoms with Crippen molar-refractivity contribution in [3.8, 4) is 5.75 Å². The summed E-state index contributed by atoms with van der Waals surface area (Å²) in [6.45, 7) is 3.91. The van der Waals surface area contributed by atoms with Gasteiger partial charge in [0.2, 0.25) is 0 Å². The molecule has 0 fully saturated rings. The van der Waals surface area contributed by atoms with Gasteiger partial charge in [0.1, 0.15) is 10.6 Å². The maximum atomic E-state index is 12.5. The number of fused-ring (bicyclic) bond motifs is 1. The highest BCUT2D eigenvalue weighted by molar-refractivity contribution is 7.21. The number of hydrazone groups is 1. The molecule has 4 nitrogen and oxygen atoms in total. The molecule has 3 aromatic rings. The molecule has 25 heavy (non-hydrogen) atoms. The Hall–Kier alpha value is -2.37. The van der Waals surface area contributed by atoms with Gasteiger partial charge in [-0.05, 0) is 37.1 Å². The molecule has 0 aliphatic carbocycles. The standard InChI is InChI=1S/C19H17ClN2O2S/c1-3-14(12-6-4-5-7-15(12)23)21-22-19(24)18-17(20)13-9-8-11(2)10-16(13)25-18/h4-10,23H,3H2,1-2H3,(H,22,24). The second-order valence-electron chi connectivity index (χ2n) is 5.61. The van der Waals surface area contributed by atoms with E-state index in [1.807, 2.05) is 38.1 Å². The number of aryl methyl sites for hydroxylation is 1. The summed E-state index contributed by atoms with van der Waals surface area (Å²) in [7, 11) is 0. The number of thiophene rings is 1. The zero-order chi connectivity index (χ0) is 18.0. The van der Waals surface area contributed by atoms with E-state index in [4.69, 9.17) is 11.6 Å². The maximum absolute atomic E-state index is 12.5. The monoisotopic (exact) mass is 372 g/mol. The summed E-state index contributed by atoms with van der Waals surface area (Å²) >= 11 is 7.70. The van der Waals surface area contributed by atoms with Gasteiger partial charge in [-0.3, -0.25) is 4.79 Å². The van der Waals surface area contributed by atoms with E-state index < -0.39 is 0 Å². The molecule has 0 aliphatic heterocycles. The quantitative estimate of drug-likeness (QED) is 0.493. The number of aromatic hydroxyl groups is 1. The van der Waals surface area contributed by atoms with Crippen LogP contribution in [0.5, 0.6) is 5.75 Å². The van der Waals surface area contributed by atoms with Crippen molar-refractivity contribution in [2.75, 3.05) is 0 Å². The summed E-state index contributed by atoms with van der Waals surface area (Å²) in [6.07, 6.45) is 0.567. The topological polar surface area (TPSA) is 61.7 Å². The molecule has 0 bridgehead atoms. The summed E-state index contributed by atoms with van der Waals surface area (Å²) in [6, 6.07) is 12.8. The fourth-order valence-electron chi connectivity index (χ4n) is 2.53. The number of halogens is 1. The Morgan fingerprint density at radius 1 is 1.28 bits per heavy atom. The number of hydrogen-bond donors (Lipinski definition) is 2. The molecule has 2 N–H and O–H groups in total. The smallest absolute Gasteiger partial charge is 0.283 e. The van der Waals surface area contributed by atoms with E-state index in [-0.39, 0.29) is 11.7 Å². The summed E-state index contributed by atoms with van der Waals surface area (Å²) in [4.78, 5) is 12.9. The van der Waals surface area contributed by atoms with Crippen LogP contribution in [0.3, 0.4) is 0 Å². The van der Waals surface area contributed by atoms with Gasteiger partial charge >= 0.3 is 0 Å². The molecule has 0 aliphatic rings. The lowest BCUT2D eigenvalue weighted by Gasteiger charge is -2.06. The fraction of sp³-hybridized carbons (Fsp3) is 0.158. The van der Waals surface area contributed by atoms with Gasteiger partial charge in [-0.25, -0.2) is 5.43 Å². The first-order chi connectivity index (χ1) is 12.0. The number of amides is 1. The second-order valence-corrected chi connectivity index (χ2v) is 7.05. The van der Waals surface area contributed by atoms with Crippen LogP contribution in [0, 0.1) is 6.92 Å². The van der Waals surface area contributed by atoms with Gasteiger partial charge in [-0.15, -0.1) is 11.3 Å². The molecule has 0 atom stereocenters. The van der Waals surface area contributed by atoms with Crippen LogP contribution in [-0.2, 0) is 0 Å². The number of rotatable bonds is 4. The van der Waals surface area contributed by atoms with Crippen LogP contribution in [0.2, 0.25) is 5.02 Å². The van der Waals surface area contributed by atoms with E-state index >= 15 is 0 Å². The normalized spacial score (nSPS) is 11.7. The van der Waals surface area contributed by atoms with Gasteiger partial charge in [0.15, 0.2) is 0 Å². The van der Waals surface area contributed by atoms with Crippen LogP contribution < -0.4 is 5.43 Å². The Bertz CT molecular complexity index is 979. The highest BCUT2D eigenvalue weighted by atomic mass is 35.5. The molecular formula is C19H17ClN2O2S. The third-order valence-electron chi connectivity index (χ3n) is 3.83. The summed E-state index contributed by atoms with van der Waals surface area (Å²) < 4.78 is 0.968. The van der Waals surface area contributed by atoms with Gasteiger partial charge in [-0.2, -0.15) is 5.10 Å². The Labute approximate surface area is 154 Å². The average molecular weight is 373 g/mol. The van der Waals surface area contributed by atoms with Crippen LogP contribution >= 0.6 is 22.9 Å². The maximum Gasteiger partial charge on any atom is 0.283 e. The molecule has 128 valence electrons. The van der Waals surface area contributed by atoms with Crippen molar-refractivity contribution in [1.29, 1.82) is 0 Å². The van der Waals surface area contributed by atoms with Crippen LogP contribution in [0.15, 0.2) is 47.6 Å². The van der Waals surface area contributed by atoms with Crippen LogP contribution in [0.4, 0.5) is 0 Å². The van der Waals surface area contributed by atoms with E-state index in [0.717, 1.165) is 15.6 Å². The van der Waals surface area contributed by atoms with Crippen LogP contribution in [-0.4, -0.2) is 16.7 Å². The molecule has 0 saturated heterocycles. The van der Waals surface area contributed by atoms with Crippen molar-refractivity contribution in [2.24, 2.45) is 5.10 Å². The zero-order valence-corrected chi connectivity index (χ0v) is 15.4. The van der Waals surface area contributed by atoms with Crippen molar-refractivity contribution in [3.05, 3.63) is 63.5 Å². The van der Waals surface area contributed by atoms with E-state index in [2.05, 4.69) is 10.5 Å². The van der Waals surface area contributed by atoms with Gasteiger partial charge in [0, 0.05) is 15.6 Å². The SMILES string of the molecule is CCC(=NNC(=O)c1sc2cc(C)ccc2c1Cl)c1ccccc1O. The highest BCUT2D eigenvalue weighted by Crippen LogP contribution is 2.35. The minimum absolute atomic E-state index is 0.132. The number of hydrogen-bond acceptors (Lipinski definition) is 4. The predicted octanol–water partition coefficient (Wildman–Crippen LogP) is 5.11. The molecule has 0 radical (unpaired) electrons. The minimum atomic E-state index is -0.356. The Morgan fingerprint density at radius 3 is 2.76 bits per heavy atom. The van der Waals surface area contributed by atoms with Crippen molar-refractivity contribution in [1.82, 2.24) is 5.43 Å². The van der Waals surface area contributed by atoms with E-state index in [1.54, 1.807) is 18.2 Å². The molecule has 0 saturated carbocycles. The number of nitrogens with zero attached hydrogens (tertiary/aromatic N) is 1. The Morgan fingerprint density at radius 2 is 2.04 bits per heavy atom. The third-order valence-corrected chi connectivity index (χ3v) is 5.49. The largest absolute Gasteiger partial charge is 0.507 e. The number of phenolic OH excluding ortho intramolecular Hbond substituents is 1. The number of para-hydroxylation sites is 1. The third kappa shape index (κ3) is 3.52. The van der Waals surface area contributed by atoms with E-state index in [0.29, 0.717) is 27.6 Å². The minimum Gasteiger partial charge on any atom is -0.507 e. The number of carbonyl (C=O) groups is 1. The van der Waals surface area contributed by atoms with E-state index in [1.165, 1.54) is 11.3 Å². The first-order valence-corrected chi connectivity index (χ1v) is 9.04. The van der Waals surface area contributed by atoms with Gasteiger partial charge in [-0.1, -0.05) is 42.8 Å². The molecule has 1 aromatic heterocycles. The molecular weight excluding hydrogens is 356 g/mol. The average Bonchev–Trinajstić information content (AvgIpc) is 2.92. The van der Waals surface area contributed by atoms with Crippen molar-refractivity contribution < 1.29 is 9.90 Å². The number of carbonyl (C=O) groups excluding carboxylic acids is 1. The predicted molar refractivity (Wildman–Crippen MR) is 104 cm³/mol. The lowest BCUT2D eigenvalue weighted by atomic mass is 10.1. The molecule has 2 aromatic carbocycles. The second kappa shape index (κ2) is 7.25. The number of phenols is 1. The highest BCUT2D eigenvalue weighted by Gasteiger charge is 2.17. The molecule has 0 unspecified atom stereocenters. The Kier molecular flexibility index (Phi) is 5.06. The number of benzene rings is 2. The zero-order valence-electron chi connectivity index (χ0n) is 13.8. The van der Waals surface area contributed by atoms with Crippen molar-refractivity contribution in [3.63, 3.8) is 0 Å². The lowest BCUT2D eigenvalue weighted by Crippen LogP contribution is -2.19. The molecule has 1 amide bonds. The summed E-state index contributed by atoms with van der Waals surface area (Å²) in [5, 5.41) is 15.4. The number of nitrogens with one attached hydrogen (secondary N) is 1. The van der Waals surface area contributed by atoms with Gasteiger partial charge in [0.05, 0.1) is 10.7 Å². The van der Waals surface area contributed by atoms with Crippen LogP contribution in [0.1, 0.15) is 34.1 Å². The summed E-state index contributed by atoms with van der Waals surface area (Å²) in [5.41, 5.74) is 4.87. The first kappa shape index (κ1) is 17.5. The van der Waals surface area contributed by atoms with Crippen molar-refractivity contribution in [2.45, 2.75) is 20.3 Å². The fourth-order valence-corrected chi connectivity index (χ4v) is 4.04. The molecule has 1 heterocycles. The molecule has 0 spiro atoms. The molecule has 3 rings (SSSR count). The van der Waals surface area contributed by atoms with Gasteiger partial charge < -0.3 is 5.11 Å². The van der Waals surface area contributed by atoms with Gasteiger partial charge in [0.25, 0.3) is 5.91 Å². The van der Waals surface area contributed by atoms with Crippen LogP contribution in [0.25, 0.3) is 10.1 Å². The molecule has 6 heteroatoms. The lowest BCUT2D eigenvalue weighted by molar-refractivity contribution is 0.0959. The summed E-state index contributed by atoms with van der Waals surface area (Å²) in [5.74, 6) is -0.224. The van der Waals surface area contributed by atoms with Crippen molar-refractivity contribution >= 4 is 44.6 Å². The first-order valence-electron chi connectivity index (χ1n) is 7.85.